The Morgan fingerprint density at radius 2 is 2.12 bits per heavy atom. The second kappa shape index (κ2) is 5.50. The Kier molecular flexibility index (Phi) is 4.80. The van der Waals surface area contributed by atoms with Gasteiger partial charge in [-0.1, -0.05) is 34.1 Å². The Bertz CT molecular complexity index is 361. The number of nitrogens with one attached hydrogen (secondary N) is 1. The Morgan fingerprint density at radius 3 is 2.75 bits per heavy atom. The van der Waals surface area contributed by atoms with Crippen LogP contribution in [0.3, 0.4) is 0 Å². The van der Waals surface area contributed by atoms with Gasteiger partial charge in [0.15, 0.2) is 0 Å². The van der Waals surface area contributed by atoms with Crippen molar-refractivity contribution in [3.05, 3.63) is 34.3 Å². The first-order chi connectivity index (χ1) is 7.12. The normalized spacial score (nSPS) is 29.6. The largest absolute Gasteiger partial charge is 0.393 e. The smallest absolute Gasteiger partial charge is 0.0573 e. The number of hydrogen-bond acceptors (Lipinski definition) is 2. The fourth-order valence-electron chi connectivity index (χ4n) is 2.27. The van der Waals surface area contributed by atoms with Crippen molar-refractivity contribution in [2.45, 2.75) is 31.4 Å². The number of benzene rings is 1. The predicted molar refractivity (Wildman–Crippen MR) is 72.0 cm³/mol. The first-order valence-corrected chi connectivity index (χ1v) is 6.09. The van der Waals surface area contributed by atoms with Crippen LogP contribution in [0.25, 0.3) is 0 Å². The quantitative estimate of drug-likeness (QED) is 0.836. The van der Waals surface area contributed by atoms with E-state index in [1.54, 1.807) is 0 Å². The van der Waals surface area contributed by atoms with Gasteiger partial charge < -0.3 is 10.4 Å². The molecule has 0 aromatic heterocycles. The standard InChI is InChI=1S/C12H16BrNO.ClH/c1-12(8-9(15)6-7-14-12)10-4-2-3-5-11(10)13;/h2-5,9,14-15H,6-8H2,1H3;1H. The highest BCUT2D eigenvalue weighted by Gasteiger charge is 2.33. The van der Waals surface area contributed by atoms with Crippen LogP contribution in [-0.2, 0) is 5.54 Å². The summed E-state index contributed by atoms with van der Waals surface area (Å²) in [5.41, 5.74) is 1.11. The molecule has 1 fully saturated rings. The molecule has 2 rings (SSSR count). The lowest BCUT2D eigenvalue weighted by atomic mass is 9.83. The van der Waals surface area contributed by atoms with Gasteiger partial charge >= 0.3 is 0 Å². The van der Waals surface area contributed by atoms with Gasteiger partial charge in [0.1, 0.15) is 0 Å². The number of aliphatic hydroxyl groups excluding tert-OH is 1. The summed E-state index contributed by atoms with van der Waals surface area (Å²) in [6.45, 7) is 3.02. The van der Waals surface area contributed by atoms with E-state index in [2.05, 4.69) is 34.2 Å². The third-order valence-electron chi connectivity index (χ3n) is 3.10. The average molecular weight is 307 g/mol. The molecule has 2 atom stereocenters. The molecule has 90 valence electrons. The van der Waals surface area contributed by atoms with Gasteiger partial charge in [-0.05, 0) is 37.9 Å². The van der Waals surface area contributed by atoms with E-state index in [0.29, 0.717) is 0 Å². The average Bonchev–Trinajstić information content (AvgIpc) is 2.17. The van der Waals surface area contributed by atoms with Crippen molar-refractivity contribution >= 4 is 28.3 Å². The number of aliphatic hydroxyl groups is 1. The third kappa shape index (κ3) is 2.77. The van der Waals surface area contributed by atoms with Crippen molar-refractivity contribution in [3.8, 4) is 0 Å². The molecule has 1 aliphatic heterocycles. The van der Waals surface area contributed by atoms with Gasteiger partial charge in [-0.3, -0.25) is 0 Å². The van der Waals surface area contributed by atoms with E-state index in [-0.39, 0.29) is 24.0 Å². The number of hydrogen-bond donors (Lipinski definition) is 2. The SMILES string of the molecule is CC1(c2ccccc2Br)CC(O)CCN1.Cl. The molecule has 0 aliphatic carbocycles. The fourth-order valence-corrected chi connectivity index (χ4v) is 3.00. The van der Waals surface area contributed by atoms with E-state index < -0.39 is 0 Å². The zero-order chi connectivity index (χ0) is 10.9. The molecule has 0 spiro atoms. The molecule has 0 saturated carbocycles. The Morgan fingerprint density at radius 1 is 1.44 bits per heavy atom. The highest BCUT2D eigenvalue weighted by Crippen LogP contribution is 2.34. The van der Waals surface area contributed by atoms with Crippen LogP contribution < -0.4 is 5.32 Å². The van der Waals surface area contributed by atoms with Crippen LogP contribution in [0.1, 0.15) is 25.3 Å². The second-order valence-electron chi connectivity index (χ2n) is 4.39. The molecule has 2 unspecified atom stereocenters. The van der Waals surface area contributed by atoms with Crippen LogP contribution >= 0.6 is 28.3 Å². The van der Waals surface area contributed by atoms with Crippen LogP contribution in [0.5, 0.6) is 0 Å². The van der Waals surface area contributed by atoms with Crippen LogP contribution in [0.15, 0.2) is 28.7 Å². The maximum atomic E-state index is 9.74. The monoisotopic (exact) mass is 305 g/mol. The van der Waals surface area contributed by atoms with Crippen LogP contribution in [0, 0.1) is 0 Å². The van der Waals surface area contributed by atoms with Crippen LogP contribution in [0.4, 0.5) is 0 Å². The molecule has 0 bridgehead atoms. The molecule has 2 N–H and O–H groups in total. The first kappa shape index (κ1) is 14.0. The van der Waals surface area contributed by atoms with Crippen molar-refractivity contribution in [3.63, 3.8) is 0 Å². The third-order valence-corrected chi connectivity index (χ3v) is 3.80. The molecule has 1 saturated heterocycles. The lowest BCUT2D eigenvalue weighted by molar-refractivity contribution is 0.0832. The summed E-state index contributed by atoms with van der Waals surface area (Å²) < 4.78 is 1.11. The molecular weight excluding hydrogens is 289 g/mol. The van der Waals surface area contributed by atoms with Gasteiger partial charge in [-0.2, -0.15) is 0 Å². The fraction of sp³-hybridized carbons (Fsp3) is 0.500. The molecule has 1 heterocycles. The van der Waals surface area contributed by atoms with Crippen molar-refractivity contribution in [1.29, 1.82) is 0 Å². The lowest BCUT2D eigenvalue weighted by Crippen LogP contribution is -2.48. The summed E-state index contributed by atoms with van der Waals surface area (Å²) in [4.78, 5) is 0. The van der Waals surface area contributed by atoms with E-state index in [9.17, 15) is 5.11 Å². The minimum absolute atomic E-state index is 0. The van der Waals surface area contributed by atoms with Gasteiger partial charge in [0.25, 0.3) is 0 Å². The Hall–Kier alpha value is -0.0900. The molecule has 0 radical (unpaired) electrons. The maximum Gasteiger partial charge on any atom is 0.0573 e. The van der Waals surface area contributed by atoms with Crippen molar-refractivity contribution in [2.75, 3.05) is 6.54 Å². The van der Waals surface area contributed by atoms with Crippen LogP contribution in [-0.4, -0.2) is 17.8 Å². The number of rotatable bonds is 1. The highest BCUT2D eigenvalue weighted by molar-refractivity contribution is 9.10. The van der Waals surface area contributed by atoms with Crippen molar-refractivity contribution in [1.82, 2.24) is 5.32 Å². The molecular formula is C12H17BrClNO. The van der Waals surface area contributed by atoms with E-state index in [1.807, 2.05) is 18.2 Å². The minimum atomic E-state index is -0.191. The molecule has 1 aliphatic rings. The predicted octanol–water partition coefficient (Wildman–Crippen LogP) is 2.83. The minimum Gasteiger partial charge on any atom is -0.393 e. The zero-order valence-corrected chi connectivity index (χ0v) is 11.6. The topological polar surface area (TPSA) is 32.3 Å². The Labute approximate surface area is 111 Å². The van der Waals surface area contributed by atoms with E-state index in [0.717, 1.165) is 23.9 Å². The van der Waals surface area contributed by atoms with Gasteiger partial charge in [-0.25, -0.2) is 0 Å². The molecule has 2 nitrogen and oxygen atoms in total. The maximum absolute atomic E-state index is 9.74. The second-order valence-corrected chi connectivity index (χ2v) is 5.24. The molecule has 4 heteroatoms. The van der Waals surface area contributed by atoms with E-state index in [1.165, 1.54) is 5.56 Å². The zero-order valence-electron chi connectivity index (χ0n) is 9.24. The summed E-state index contributed by atoms with van der Waals surface area (Å²) in [5, 5.41) is 13.2. The number of piperidine rings is 1. The first-order valence-electron chi connectivity index (χ1n) is 5.30. The van der Waals surface area contributed by atoms with E-state index in [4.69, 9.17) is 0 Å². The van der Waals surface area contributed by atoms with Gasteiger partial charge in [0, 0.05) is 10.0 Å². The molecule has 1 aromatic carbocycles. The Balaban J connectivity index is 0.00000128. The summed E-state index contributed by atoms with van der Waals surface area (Å²) >= 11 is 3.57. The van der Waals surface area contributed by atoms with Gasteiger partial charge in [-0.15, -0.1) is 12.4 Å². The molecule has 0 amide bonds. The van der Waals surface area contributed by atoms with Gasteiger partial charge in [0.05, 0.1) is 6.10 Å². The van der Waals surface area contributed by atoms with E-state index >= 15 is 0 Å². The van der Waals surface area contributed by atoms with Crippen molar-refractivity contribution < 1.29 is 5.11 Å². The summed E-state index contributed by atoms with van der Waals surface area (Å²) in [7, 11) is 0. The number of halogens is 2. The van der Waals surface area contributed by atoms with Crippen molar-refractivity contribution in [2.24, 2.45) is 0 Å². The summed E-state index contributed by atoms with van der Waals surface area (Å²) in [5.74, 6) is 0. The van der Waals surface area contributed by atoms with Gasteiger partial charge in [0.2, 0.25) is 0 Å². The molecule has 16 heavy (non-hydrogen) atoms. The molecule has 1 aromatic rings. The van der Waals surface area contributed by atoms with Crippen LogP contribution in [0.2, 0.25) is 0 Å². The lowest BCUT2D eigenvalue weighted by Gasteiger charge is -2.38. The summed E-state index contributed by atoms with van der Waals surface area (Å²) in [6.07, 6.45) is 1.43. The summed E-state index contributed by atoms with van der Waals surface area (Å²) in [6, 6.07) is 8.20. The highest BCUT2D eigenvalue weighted by atomic mass is 79.9.